The van der Waals surface area contributed by atoms with Crippen molar-refractivity contribution in [2.24, 2.45) is 0 Å². The molecule has 1 amide bonds. The van der Waals surface area contributed by atoms with Gasteiger partial charge in [-0.2, -0.15) is 0 Å². The van der Waals surface area contributed by atoms with E-state index in [0.717, 1.165) is 17.7 Å². The molecule has 3 rings (SSSR count). The number of halogens is 2. The van der Waals surface area contributed by atoms with E-state index in [0.29, 0.717) is 13.0 Å². The van der Waals surface area contributed by atoms with Crippen LogP contribution < -0.4 is 10.6 Å². The predicted octanol–water partition coefficient (Wildman–Crippen LogP) is 2.62. The van der Waals surface area contributed by atoms with Gasteiger partial charge in [0.05, 0.1) is 6.04 Å². The minimum atomic E-state index is -0.977. The smallest absolute Gasteiger partial charge is 0.241 e. The van der Waals surface area contributed by atoms with Gasteiger partial charge in [-0.3, -0.25) is 4.79 Å². The van der Waals surface area contributed by atoms with Gasteiger partial charge in [0, 0.05) is 18.3 Å². The third-order valence-corrected chi connectivity index (χ3v) is 3.58. The number of amides is 1. The molecule has 0 aliphatic carbocycles. The van der Waals surface area contributed by atoms with E-state index in [1.165, 1.54) is 11.6 Å². The second-order valence-corrected chi connectivity index (χ2v) is 5.02. The summed E-state index contributed by atoms with van der Waals surface area (Å²) in [6.07, 6.45) is 0.575. The summed E-state index contributed by atoms with van der Waals surface area (Å²) < 4.78 is 26.0. The van der Waals surface area contributed by atoms with Crippen LogP contribution in [-0.4, -0.2) is 11.9 Å². The molecule has 21 heavy (non-hydrogen) atoms. The summed E-state index contributed by atoms with van der Waals surface area (Å²) in [5, 5.41) is 5.74. The molecule has 0 aromatic heterocycles. The highest BCUT2D eigenvalue weighted by Gasteiger charge is 2.24. The van der Waals surface area contributed by atoms with Gasteiger partial charge in [-0.15, -0.1) is 0 Å². The second-order valence-electron chi connectivity index (χ2n) is 5.02. The molecule has 5 heteroatoms. The van der Waals surface area contributed by atoms with Crippen LogP contribution in [0.3, 0.4) is 0 Å². The zero-order valence-corrected chi connectivity index (χ0v) is 11.2. The van der Waals surface area contributed by atoms with E-state index >= 15 is 0 Å². The molecule has 2 aromatic rings. The van der Waals surface area contributed by atoms with Crippen molar-refractivity contribution in [3.05, 3.63) is 65.2 Å². The lowest BCUT2D eigenvalue weighted by atomic mass is 9.95. The average molecular weight is 288 g/mol. The summed E-state index contributed by atoms with van der Waals surface area (Å²) in [5.74, 6) is -2.16. The molecular formula is C16H14F2N2O. The fraction of sp³-hybridized carbons (Fsp3) is 0.188. The van der Waals surface area contributed by atoms with Crippen LogP contribution in [0.1, 0.15) is 11.1 Å². The number of hydrogen-bond donors (Lipinski definition) is 2. The Hall–Kier alpha value is -2.27. The number of fused-ring (bicyclic) bond motifs is 1. The van der Waals surface area contributed by atoms with Gasteiger partial charge in [-0.25, -0.2) is 8.78 Å². The molecule has 0 bridgehead atoms. The number of rotatable bonds is 2. The van der Waals surface area contributed by atoms with Gasteiger partial charge in [0.25, 0.3) is 0 Å². The van der Waals surface area contributed by atoms with Crippen molar-refractivity contribution in [1.82, 2.24) is 5.32 Å². The normalized spacial score (nSPS) is 17.1. The molecule has 2 N–H and O–H groups in total. The van der Waals surface area contributed by atoms with Crippen LogP contribution >= 0.6 is 0 Å². The molecule has 0 spiro atoms. The van der Waals surface area contributed by atoms with Crippen molar-refractivity contribution >= 4 is 11.6 Å². The third-order valence-electron chi connectivity index (χ3n) is 3.58. The van der Waals surface area contributed by atoms with Gasteiger partial charge >= 0.3 is 0 Å². The van der Waals surface area contributed by atoms with Gasteiger partial charge in [0.2, 0.25) is 5.91 Å². The first-order valence-electron chi connectivity index (χ1n) is 6.69. The van der Waals surface area contributed by atoms with Crippen LogP contribution in [0.25, 0.3) is 0 Å². The fourth-order valence-electron chi connectivity index (χ4n) is 2.44. The molecule has 2 aromatic carbocycles. The number of nitrogens with one attached hydrogen (secondary N) is 2. The summed E-state index contributed by atoms with van der Waals surface area (Å²) in [5.41, 5.74) is 2.55. The maximum absolute atomic E-state index is 13.1. The van der Waals surface area contributed by atoms with Gasteiger partial charge in [0.1, 0.15) is 0 Å². The Balaban J connectivity index is 1.70. The summed E-state index contributed by atoms with van der Waals surface area (Å²) >= 11 is 0. The Morgan fingerprint density at radius 1 is 1.10 bits per heavy atom. The summed E-state index contributed by atoms with van der Waals surface area (Å²) in [4.78, 5) is 12.2. The van der Waals surface area contributed by atoms with Gasteiger partial charge in [-0.1, -0.05) is 24.3 Å². The molecule has 0 radical (unpaired) electrons. The van der Waals surface area contributed by atoms with Crippen molar-refractivity contribution in [2.75, 3.05) is 5.32 Å². The monoisotopic (exact) mass is 288 g/mol. The zero-order chi connectivity index (χ0) is 14.8. The fourth-order valence-corrected chi connectivity index (χ4v) is 2.44. The highest BCUT2D eigenvalue weighted by molar-refractivity contribution is 5.95. The van der Waals surface area contributed by atoms with Crippen molar-refractivity contribution in [2.45, 2.75) is 19.0 Å². The minimum absolute atomic E-state index is 0.250. The van der Waals surface area contributed by atoms with Crippen LogP contribution in [-0.2, 0) is 17.8 Å². The molecule has 0 saturated carbocycles. The SMILES string of the molecule is O=C(Nc1ccc(F)c(F)c1)[C@H]1Cc2ccccc2CN1. The van der Waals surface area contributed by atoms with Crippen LogP contribution in [0.15, 0.2) is 42.5 Å². The minimum Gasteiger partial charge on any atom is -0.325 e. The van der Waals surface area contributed by atoms with Gasteiger partial charge in [-0.05, 0) is 29.7 Å². The molecule has 108 valence electrons. The first-order valence-corrected chi connectivity index (χ1v) is 6.69. The standard InChI is InChI=1S/C16H14F2N2O/c17-13-6-5-12(8-14(13)18)20-16(21)15-7-10-3-1-2-4-11(10)9-19-15/h1-6,8,15,19H,7,9H2,(H,20,21)/t15-/m1/s1. The van der Waals surface area contributed by atoms with E-state index in [9.17, 15) is 13.6 Å². The summed E-state index contributed by atoms with van der Waals surface area (Å²) in [7, 11) is 0. The Morgan fingerprint density at radius 3 is 2.62 bits per heavy atom. The number of anilines is 1. The molecule has 1 aliphatic heterocycles. The first-order chi connectivity index (χ1) is 10.1. The van der Waals surface area contributed by atoms with Crippen LogP contribution in [0.4, 0.5) is 14.5 Å². The van der Waals surface area contributed by atoms with Crippen LogP contribution in [0.5, 0.6) is 0 Å². The van der Waals surface area contributed by atoms with Gasteiger partial charge in [0.15, 0.2) is 11.6 Å². The first kappa shape index (κ1) is 13.7. The van der Waals surface area contributed by atoms with Crippen molar-refractivity contribution in [3.63, 3.8) is 0 Å². The van der Waals surface area contributed by atoms with E-state index in [1.807, 2.05) is 24.3 Å². The lowest BCUT2D eigenvalue weighted by molar-refractivity contribution is -0.118. The van der Waals surface area contributed by atoms with Crippen molar-refractivity contribution < 1.29 is 13.6 Å². The molecule has 1 aliphatic rings. The van der Waals surface area contributed by atoms with Crippen LogP contribution in [0, 0.1) is 11.6 Å². The zero-order valence-electron chi connectivity index (χ0n) is 11.2. The number of carbonyl (C=O) groups excluding carboxylic acids is 1. The summed E-state index contributed by atoms with van der Waals surface area (Å²) in [6.45, 7) is 0.617. The van der Waals surface area contributed by atoms with Crippen LogP contribution in [0.2, 0.25) is 0 Å². The molecule has 0 unspecified atom stereocenters. The molecular weight excluding hydrogens is 274 g/mol. The third kappa shape index (κ3) is 2.92. The number of benzene rings is 2. The van der Waals surface area contributed by atoms with Crippen molar-refractivity contribution in [1.29, 1.82) is 0 Å². The number of carbonyl (C=O) groups is 1. The second kappa shape index (κ2) is 5.61. The molecule has 1 atom stereocenters. The van der Waals surface area contributed by atoms with E-state index in [1.54, 1.807) is 0 Å². The molecule has 0 saturated heterocycles. The van der Waals surface area contributed by atoms with Crippen molar-refractivity contribution in [3.8, 4) is 0 Å². The average Bonchev–Trinajstić information content (AvgIpc) is 2.50. The highest BCUT2D eigenvalue weighted by atomic mass is 19.2. The Morgan fingerprint density at radius 2 is 1.86 bits per heavy atom. The lowest BCUT2D eigenvalue weighted by Crippen LogP contribution is -2.44. The van der Waals surface area contributed by atoms with E-state index < -0.39 is 11.6 Å². The van der Waals surface area contributed by atoms with E-state index in [2.05, 4.69) is 10.6 Å². The quantitative estimate of drug-likeness (QED) is 0.892. The predicted molar refractivity (Wildman–Crippen MR) is 75.8 cm³/mol. The molecule has 0 fully saturated rings. The Kier molecular flexibility index (Phi) is 3.66. The molecule has 3 nitrogen and oxygen atoms in total. The summed E-state index contributed by atoms with van der Waals surface area (Å²) in [6, 6.07) is 10.8. The Bertz CT molecular complexity index is 688. The lowest BCUT2D eigenvalue weighted by Gasteiger charge is -2.25. The maximum atomic E-state index is 13.1. The van der Waals surface area contributed by atoms with E-state index in [-0.39, 0.29) is 17.6 Å². The van der Waals surface area contributed by atoms with Gasteiger partial charge < -0.3 is 10.6 Å². The van der Waals surface area contributed by atoms with E-state index in [4.69, 9.17) is 0 Å². The number of hydrogen-bond acceptors (Lipinski definition) is 2. The Labute approximate surface area is 121 Å². The highest BCUT2D eigenvalue weighted by Crippen LogP contribution is 2.18. The molecule has 1 heterocycles. The largest absolute Gasteiger partial charge is 0.325 e. The topological polar surface area (TPSA) is 41.1 Å². The maximum Gasteiger partial charge on any atom is 0.241 e.